The van der Waals surface area contributed by atoms with Crippen molar-refractivity contribution in [2.75, 3.05) is 0 Å². The highest BCUT2D eigenvalue weighted by Crippen LogP contribution is 2.26. The fourth-order valence-electron chi connectivity index (χ4n) is 1.51. The van der Waals surface area contributed by atoms with Crippen molar-refractivity contribution in [3.63, 3.8) is 0 Å². The topological polar surface area (TPSA) is 69.2 Å². The Morgan fingerprint density at radius 2 is 2.06 bits per heavy atom. The maximum absolute atomic E-state index is 13.1. The van der Waals surface area contributed by atoms with Crippen LogP contribution in [0, 0.1) is 15.9 Å². The third-order valence-corrected chi connectivity index (χ3v) is 3.13. The third-order valence-electron chi connectivity index (χ3n) is 2.43. The largest absolute Gasteiger partial charge is 0.320 e. The molecular weight excluding hydrogens is 279 g/mol. The van der Waals surface area contributed by atoms with Gasteiger partial charge in [0.1, 0.15) is 0 Å². The summed E-state index contributed by atoms with van der Waals surface area (Å²) in [7, 11) is 0. The average Bonchev–Trinajstić information content (AvgIpc) is 2.81. The van der Waals surface area contributed by atoms with Gasteiger partial charge in [0.2, 0.25) is 5.82 Å². The molecule has 4 nitrogen and oxygen atoms in total. The van der Waals surface area contributed by atoms with Crippen LogP contribution in [0.25, 0.3) is 0 Å². The molecule has 0 aliphatic heterocycles. The van der Waals surface area contributed by atoms with Gasteiger partial charge in [-0.2, -0.15) is 15.7 Å². The Morgan fingerprint density at radius 3 is 2.61 bits per heavy atom. The molecule has 1 aromatic carbocycles. The van der Waals surface area contributed by atoms with Crippen LogP contribution >= 0.6 is 23.7 Å². The number of benzene rings is 1. The molecule has 1 atom stereocenters. The van der Waals surface area contributed by atoms with Gasteiger partial charge in [0.05, 0.1) is 11.0 Å². The van der Waals surface area contributed by atoms with E-state index in [-0.39, 0.29) is 12.4 Å². The molecule has 7 heteroatoms. The smallest absolute Gasteiger partial charge is 0.305 e. The van der Waals surface area contributed by atoms with E-state index < -0.39 is 22.5 Å². The summed E-state index contributed by atoms with van der Waals surface area (Å²) in [5.41, 5.74) is 6.78. The summed E-state index contributed by atoms with van der Waals surface area (Å²) in [4.78, 5) is 9.86. The number of rotatable bonds is 3. The van der Waals surface area contributed by atoms with Crippen molar-refractivity contribution in [1.82, 2.24) is 0 Å². The van der Waals surface area contributed by atoms with Gasteiger partial charge >= 0.3 is 5.69 Å². The Balaban J connectivity index is 0.00000162. The predicted molar refractivity (Wildman–Crippen MR) is 70.7 cm³/mol. The van der Waals surface area contributed by atoms with Gasteiger partial charge in [-0.25, -0.2) is 0 Å². The molecule has 1 aromatic heterocycles. The van der Waals surface area contributed by atoms with Crippen LogP contribution in [0.15, 0.2) is 35.0 Å². The Labute approximate surface area is 113 Å². The van der Waals surface area contributed by atoms with Gasteiger partial charge in [0.15, 0.2) is 0 Å². The van der Waals surface area contributed by atoms with E-state index in [9.17, 15) is 14.5 Å². The Bertz CT molecular complexity index is 548. The van der Waals surface area contributed by atoms with Crippen LogP contribution in [0.3, 0.4) is 0 Å². The fourth-order valence-corrected chi connectivity index (χ4v) is 2.20. The normalized spacial score (nSPS) is 11.7. The van der Waals surface area contributed by atoms with Crippen LogP contribution in [-0.2, 0) is 0 Å². The Morgan fingerprint density at radius 1 is 1.33 bits per heavy atom. The fraction of sp³-hybridized carbons (Fsp3) is 0.0909. The second-order valence-electron chi connectivity index (χ2n) is 3.50. The van der Waals surface area contributed by atoms with Crippen LogP contribution in [-0.4, -0.2) is 4.92 Å². The molecule has 0 unspecified atom stereocenters. The molecule has 0 saturated heterocycles. The minimum absolute atomic E-state index is 0. The molecule has 0 radical (unpaired) electrons. The monoisotopic (exact) mass is 288 g/mol. The molecular formula is C11H10ClFN2O2S. The average molecular weight is 289 g/mol. The van der Waals surface area contributed by atoms with Crippen LogP contribution in [0.4, 0.5) is 10.1 Å². The summed E-state index contributed by atoms with van der Waals surface area (Å²) < 4.78 is 13.1. The molecule has 0 amide bonds. The number of nitro groups is 1. The number of nitrogens with zero attached hydrogens (tertiary/aromatic N) is 1. The van der Waals surface area contributed by atoms with Crippen LogP contribution in [0.1, 0.15) is 17.2 Å². The van der Waals surface area contributed by atoms with Crippen molar-refractivity contribution in [1.29, 1.82) is 0 Å². The predicted octanol–water partition coefficient (Wildman–Crippen LogP) is 3.27. The van der Waals surface area contributed by atoms with Gasteiger partial charge in [-0.1, -0.05) is 6.07 Å². The number of hydrogen-bond donors (Lipinski definition) is 1. The highest BCUT2D eigenvalue weighted by molar-refractivity contribution is 7.08. The first-order chi connectivity index (χ1) is 8.09. The van der Waals surface area contributed by atoms with Crippen molar-refractivity contribution < 1.29 is 9.31 Å². The SMILES string of the molecule is Cl.N[C@@H](c1ccsc1)c1ccc(F)c([N+](=O)[O-])c1. The van der Waals surface area contributed by atoms with E-state index in [0.717, 1.165) is 11.6 Å². The minimum Gasteiger partial charge on any atom is -0.320 e. The molecule has 0 aliphatic rings. The van der Waals surface area contributed by atoms with Gasteiger partial charge in [-0.3, -0.25) is 10.1 Å². The van der Waals surface area contributed by atoms with Gasteiger partial charge < -0.3 is 5.73 Å². The molecule has 0 fully saturated rings. The maximum Gasteiger partial charge on any atom is 0.305 e. The van der Waals surface area contributed by atoms with Crippen LogP contribution in [0.2, 0.25) is 0 Å². The zero-order chi connectivity index (χ0) is 12.4. The summed E-state index contributed by atoms with van der Waals surface area (Å²) in [6.07, 6.45) is 0. The number of hydrogen-bond acceptors (Lipinski definition) is 4. The molecule has 0 bridgehead atoms. The van der Waals surface area contributed by atoms with Crippen molar-refractivity contribution in [2.24, 2.45) is 5.73 Å². The second kappa shape index (κ2) is 5.90. The van der Waals surface area contributed by atoms with Crippen molar-refractivity contribution in [3.8, 4) is 0 Å². The number of halogens is 2. The molecule has 2 aromatic rings. The highest BCUT2D eigenvalue weighted by Gasteiger charge is 2.18. The molecule has 0 spiro atoms. The molecule has 96 valence electrons. The Hall–Kier alpha value is -1.50. The van der Waals surface area contributed by atoms with Crippen molar-refractivity contribution in [3.05, 3.63) is 62.1 Å². The lowest BCUT2D eigenvalue weighted by molar-refractivity contribution is -0.387. The Kier molecular flexibility index (Phi) is 4.77. The van der Waals surface area contributed by atoms with Gasteiger partial charge in [0, 0.05) is 6.07 Å². The van der Waals surface area contributed by atoms with Crippen LogP contribution < -0.4 is 5.73 Å². The summed E-state index contributed by atoms with van der Waals surface area (Å²) in [5, 5.41) is 14.3. The summed E-state index contributed by atoms with van der Waals surface area (Å²) >= 11 is 1.49. The highest BCUT2D eigenvalue weighted by atomic mass is 35.5. The zero-order valence-corrected chi connectivity index (χ0v) is 10.7. The molecule has 1 heterocycles. The number of nitro benzene ring substituents is 1. The summed E-state index contributed by atoms with van der Waals surface area (Å²) in [6, 6.07) is 5.08. The second-order valence-corrected chi connectivity index (χ2v) is 4.28. The van der Waals surface area contributed by atoms with E-state index in [1.54, 1.807) is 0 Å². The molecule has 0 aliphatic carbocycles. The molecule has 2 N–H and O–H groups in total. The van der Waals surface area contributed by atoms with E-state index in [2.05, 4.69) is 0 Å². The summed E-state index contributed by atoms with van der Waals surface area (Å²) in [6.45, 7) is 0. The van der Waals surface area contributed by atoms with Crippen molar-refractivity contribution in [2.45, 2.75) is 6.04 Å². The van der Waals surface area contributed by atoms with Gasteiger partial charge in [0.25, 0.3) is 0 Å². The first-order valence-electron chi connectivity index (χ1n) is 4.81. The number of nitrogens with two attached hydrogens (primary N) is 1. The lowest BCUT2D eigenvalue weighted by atomic mass is 10.0. The van der Waals surface area contributed by atoms with E-state index >= 15 is 0 Å². The molecule has 0 saturated carbocycles. The first kappa shape index (κ1) is 14.6. The van der Waals surface area contributed by atoms with Gasteiger partial charge in [-0.15, -0.1) is 12.4 Å². The lowest BCUT2D eigenvalue weighted by Crippen LogP contribution is -2.11. The first-order valence-corrected chi connectivity index (χ1v) is 5.75. The maximum atomic E-state index is 13.1. The molecule has 18 heavy (non-hydrogen) atoms. The summed E-state index contributed by atoms with van der Waals surface area (Å²) in [5.74, 6) is -0.851. The third kappa shape index (κ3) is 2.84. The van der Waals surface area contributed by atoms with E-state index in [1.165, 1.54) is 23.5 Å². The minimum atomic E-state index is -0.851. The molecule has 2 rings (SSSR count). The van der Waals surface area contributed by atoms with E-state index in [4.69, 9.17) is 5.73 Å². The standard InChI is InChI=1S/C11H9FN2O2S.ClH/c12-9-2-1-7(5-10(9)14(15)16)11(13)8-3-4-17-6-8;/h1-6,11H,13H2;1H/t11-;/m1./s1. The van der Waals surface area contributed by atoms with E-state index in [1.807, 2.05) is 16.8 Å². The van der Waals surface area contributed by atoms with Crippen LogP contribution in [0.5, 0.6) is 0 Å². The lowest BCUT2D eigenvalue weighted by Gasteiger charge is -2.10. The van der Waals surface area contributed by atoms with E-state index in [0.29, 0.717) is 5.56 Å². The number of thiophene rings is 1. The van der Waals surface area contributed by atoms with Gasteiger partial charge in [-0.05, 0) is 34.0 Å². The zero-order valence-electron chi connectivity index (χ0n) is 9.08. The van der Waals surface area contributed by atoms with Crippen molar-refractivity contribution >= 4 is 29.4 Å². The quantitative estimate of drug-likeness (QED) is 0.696.